The molecule has 0 aliphatic carbocycles. The molecule has 0 aromatic carbocycles. The molecule has 0 atom stereocenters. The number of rotatable bonds is 8. The van der Waals surface area contributed by atoms with E-state index in [9.17, 15) is 14.7 Å². The second-order valence-corrected chi connectivity index (χ2v) is 11.6. The zero-order valence-electron chi connectivity index (χ0n) is 20.7. The van der Waals surface area contributed by atoms with Crippen molar-refractivity contribution in [1.82, 2.24) is 29.8 Å². The van der Waals surface area contributed by atoms with Crippen LogP contribution in [0.2, 0.25) is 0 Å². The highest BCUT2D eigenvalue weighted by Crippen LogP contribution is 2.34. The molecule has 0 spiro atoms. The Morgan fingerprint density at radius 1 is 1.09 bits per heavy atom. The molecule has 2 amide bonds. The number of carbonyl (C=O) groups is 2. The predicted octanol–water partition coefficient (Wildman–Crippen LogP) is 1.05. The van der Waals surface area contributed by atoms with Gasteiger partial charge in [0.25, 0.3) is 0 Å². The van der Waals surface area contributed by atoms with Crippen LogP contribution in [-0.4, -0.2) is 91.7 Å². The summed E-state index contributed by atoms with van der Waals surface area (Å²) >= 11 is 0. The molecule has 2 aliphatic rings. The molecule has 4 heterocycles. The monoisotopic (exact) mass is 472 g/mol. The lowest BCUT2D eigenvalue weighted by molar-refractivity contribution is -0.169. The van der Waals surface area contributed by atoms with E-state index in [-0.39, 0.29) is 31.5 Å². The van der Waals surface area contributed by atoms with E-state index < -0.39 is 22.0 Å². The molecule has 2 aliphatic heterocycles. The minimum atomic E-state index is -0.932. The Morgan fingerprint density at radius 2 is 1.76 bits per heavy atom. The number of H-pyrrole nitrogens is 1. The summed E-state index contributed by atoms with van der Waals surface area (Å²) in [5, 5.41) is 21.9. The van der Waals surface area contributed by atoms with Crippen LogP contribution in [-0.2, 0) is 26.3 Å². The van der Waals surface area contributed by atoms with E-state index >= 15 is 0 Å². The summed E-state index contributed by atoms with van der Waals surface area (Å²) in [4.78, 5) is 29.3. The molecule has 2 aromatic heterocycles. The van der Waals surface area contributed by atoms with Crippen LogP contribution in [0.15, 0.2) is 30.7 Å². The van der Waals surface area contributed by atoms with Crippen LogP contribution in [0.3, 0.4) is 0 Å². The quantitative estimate of drug-likeness (QED) is 0.593. The Morgan fingerprint density at radius 3 is 2.32 bits per heavy atom. The van der Waals surface area contributed by atoms with Gasteiger partial charge >= 0.3 is 0 Å². The fourth-order valence-corrected chi connectivity index (χ4v) is 4.78. The molecule has 2 saturated heterocycles. The fraction of sp³-hybridized carbons (Fsp3) is 0.667. The van der Waals surface area contributed by atoms with Crippen LogP contribution >= 0.6 is 0 Å². The summed E-state index contributed by atoms with van der Waals surface area (Å²) < 4.78 is 7.96. The smallest absolute Gasteiger partial charge is 0.230 e. The van der Waals surface area contributed by atoms with E-state index in [1.807, 2.05) is 62.5 Å². The normalized spacial score (nSPS) is 19.5. The molecule has 0 radical (unpaired) electrons. The van der Waals surface area contributed by atoms with Crippen molar-refractivity contribution in [1.29, 1.82) is 0 Å². The Balaban J connectivity index is 1.31. The molecule has 10 nitrogen and oxygen atoms in total. The van der Waals surface area contributed by atoms with E-state index in [0.717, 1.165) is 5.69 Å². The first-order valence-corrected chi connectivity index (χ1v) is 11.7. The zero-order valence-corrected chi connectivity index (χ0v) is 20.7. The highest BCUT2D eigenvalue weighted by atomic mass is 16.5. The van der Waals surface area contributed by atoms with Gasteiger partial charge < -0.3 is 19.6 Å². The van der Waals surface area contributed by atoms with Crippen LogP contribution in [0.1, 0.15) is 40.3 Å². The number of carbonyl (C=O) groups excluding carboxylic acids is 2. The van der Waals surface area contributed by atoms with Crippen molar-refractivity contribution in [2.45, 2.75) is 52.2 Å². The van der Waals surface area contributed by atoms with E-state index in [1.165, 1.54) is 0 Å². The average molecular weight is 473 g/mol. The average Bonchev–Trinajstić information content (AvgIpc) is 3.40. The van der Waals surface area contributed by atoms with Gasteiger partial charge in [0, 0.05) is 36.1 Å². The van der Waals surface area contributed by atoms with Gasteiger partial charge in [-0.1, -0.05) is 20.8 Å². The summed E-state index contributed by atoms with van der Waals surface area (Å²) in [6, 6.07) is 3.68. The topological polar surface area (TPSA) is 117 Å². The van der Waals surface area contributed by atoms with E-state index in [1.54, 1.807) is 17.3 Å². The summed E-state index contributed by atoms with van der Waals surface area (Å²) in [5.41, 5.74) is -1.71. The number of ether oxygens (including phenoxy) is 1. The SMILES string of the molecule is CC(C)(C)C(=O)N1CC(COCC(C)(C)C(=O)N2CC(O)(Cc3ccn[nH]3)C2)(n2cccn2)C1. The van der Waals surface area contributed by atoms with Gasteiger partial charge in [-0.2, -0.15) is 10.2 Å². The standard InChI is InChI=1S/C24H36N6O4/c1-21(2,3)19(31)28-12-23(13-28,30-10-6-8-26-30)17-34-16-22(4,5)20(32)29-14-24(33,15-29)11-18-7-9-25-27-18/h6-10,33H,11-17H2,1-5H3,(H,25,27). The molecule has 2 fully saturated rings. The van der Waals surface area contributed by atoms with Gasteiger partial charge in [0.1, 0.15) is 11.1 Å². The highest BCUT2D eigenvalue weighted by molar-refractivity contribution is 5.83. The molecule has 4 rings (SSSR count). The first-order valence-electron chi connectivity index (χ1n) is 11.7. The van der Waals surface area contributed by atoms with E-state index in [0.29, 0.717) is 26.1 Å². The Labute approximate surface area is 200 Å². The third-order valence-corrected chi connectivity index (χ3v) is 6.64. The largest absolute Gasteiger partial charge is 0.386 e. The molecule has 10 heteroatoms. The maximum Gasteiger partial charge on any atom is 0.230 e. The predicted molar refractivity (Wildman–Crippen MR) is 125 cm³/mol. The van der Waals surface area contributed by atoms with Crippen molar-refractivity contribution in [2.24, 2.45) is 10.8 Å². The summed E-state index contributed by atoms with van der Waals surface area (Å²) in [5.74, 6) is 0.0549. The van der Waals surface area contributed by atoms with Gasteiger partial charge in [-0.15, -0.1) is 0 Å². The summed E-state index contributed by atoms with van der Waals surface area (Å²) in [7, 11) is 0. The molecular formula is C24H36N6O4. The molecule has 2 N–H and O–H groups in total. The number of nitrogens with one attached hydrogen (secondary N) is 1. The highest BCUT2D eigenvalue weighted by Gasteiger charge is 2.51. The van der Waals surface area contributed by atoms with Gasteiger partial charge in [0.05, 0.1) is 44.8 Å². The number of nitrogens with zero attached hydrogens (tertiary/aromatic N) is 5. The number of hydrogen-bond acceptors (Lipinski definition) is 6. The minimum Gasteiger partial charge on any atom is -0.386 e. The molecule has 186 valence electrons. The minimum absolute atomic E-state index is 0.0481. The number of β-amino-alcohol motifs (C(OH)–C–C–N with tert-alkyl or cyclic N) is 1. The number of likely N-dealkylation sites (tertiary alicyclic amines) is 2. The second-order valence-electron chi connectivity index (χ2n) is 11.6. The van der Waals surface area contributed by atoms with Crippen LogP contribution in [0.25, 0.3) is 0 Å². The molecule has 0 unspecified atom stereocenters. The van der Waals surface area contributed by atoms with Gasteiger partial charge in [-0.05, 0) is 26.0 Å². The number of aliphatic hydroxyl groups is 1. The van der Waals surface area contributed by atoms with Crippen LogP contribution in [0.4, 0.5) is 0 Å². The molecule has 0 saturated carbocycles. The summed E-state index contributed by atoms with van der Waals surface area (Å²) in [6.07, 6.45) is 5.69. The third-order valence-electron chi connectivity index (χ3n) is 6.64. The molecule has 0 bridgehead atoms. The van der Waals surface area contributed by atoms with Crippen LogP contribution in [0, 0.1) is 10.8 Å². The fourth-order valence-electron chi connectivity index (χ4n) is 4.78. The maximum absolute atomic E-state index is 13.1. The van der Waals surface area contributed by atoms with Gasteiger partial charge in [-0.25, -0.2) is 0 Å². The third kappa shape index (κ3) is 4.74. The zero-order chi connectivity index (χ0) is 24.8. The number of aromatic amines is 1. The van der Waals surface area contributed by atoms with Crippen molar-refractivity contribution in [3.05, 3.63) is 36.4 Å². The lowest BCUT2D eigenvalue weighted by atomic mass is 9.84. The van der Waals surface area contributed by atoms with Crippen molar-refractivity contribution in [2.75, 3.05) is 39.4 Å². The van der Waals surface area contributed by atoms with Crippen molar-refractivity contribution >= 4 is 11.8 Å². The number of hydrogen-bond donors (Lipinski definition) is 2. The Kier molecular flexibility index (Phi) is 6.10. The maximum atomic E-state index is 13.1. The van der Waals surface area contributed by atoms with Gasteiger partial charge in [0.15, 0.2) is 0 Å². The number of aromatic nitrogens is 4. The van der Waals surface area contributed by atoms with Crippen molar-refractivity contribution in [3.8, 4) is 0 Å². The lowest BCUT2D eigenvalue weighted by Gasteiger charge is -2.51. The first kappa shape index (κ1) is 24.4. The Bertz CT molecular complexity index is 997. The van der Waals surface area contributed by atoms with E-state index in [4.69, 9.17) is 4.74 Å². The van der Waals surface area contributed by atoms with Gasteiger partial charge in [0.2, 0.25) is 11.8 Å². The molecule has 2 aromatic rings. The first-order chi connectivity index (χ1) is 15.8. The lowest BCUT2D eigenvalue weighted by Crippen LogP contribution is -2.68. The molecule has 34 heavy (non-hydrogen) atoms. The molecular weight excluding hydrogens is 436 g/mol. The second kappa shape index (κ2) is 8.49. The van der Waals surface area contributed by atoms with Crippen LogP contribution < -0.4 is 0 Å². The van der Waals surface area contributed by atoms with Gasteiger partial charge in [-0.3, -0.25) is 19.4 Å². The Hall–Kier alpha value is -2.72. The number of amides is 2. The van der Waals surface area contributed by atoms with Crippen LogP contribution in [0.5, 0.6) is 0 Å². The van der Waals surface area contributed by atoms with E-state index in [2.05, 4.69) is 15.3 Å². The van der Waals surface area contributed by atoms with Crippen molar-refractivity contribution in [3.63, 3.8) is 0 Å². The summed E-state index contributed by atoms with van der Waals surface area (Å²) in [6.45, 7) is 11.7. The van der Waals surface area contributed by atoms with Crippen molar-refractivity contribution < 1.29 is 19.4 Å².